The molecule has 15 heavy (non-hydrogen) atoms. The number of rotatable bonds is 7. The maximum Gasteiger partial charge on any atom is 0.323 e. The Labute approximate surface area is 89.4 Å². The van der Waals surface area contributed by atoms with Gasteiger partial charge in [-0.25, -0.2) is 0 Å². The van der Waals surface area contributed by atoms with Gasteiger partial charge in [0.05, 0.1) is 6.61 Å². The zero-order valence-electron chi connectivity index (χ0n) is 9.41. The van der Waals surface area contributed by atoms with Crippen LogP contribution in [0.3, 0.4) is 0 Å². The van der Waals surface area contributed by atoms with Gasteiger partial charge in [-0.2, -0.15) is 0 Å². The van der Waals surface area contributed by atoms with E-state index in [0.29, 0.717) is 6.61 Å². The molecule has 0 spiro atoms. The van der Waals surface area contributed by atoms with Gasteiger partial charge in [-0.15, -0.1) is 0 Å². The van der Waals surface area contributed by atoms with E-state index in [1.807, 2.05) is 6.92 Å². The fourth-order valence-corrected chi connectivity index (χ4v) is 1.01. The van der Waals surface area contributed by atoms with E-state index in [2.05, 4.69) is 0 Å². The third kappa shape index (κ3) is 3.87. The first-order chi connectivity index (χ1) is 6.99. The molecule has 0 aromatic heterocycles. The van der Waals surface area contributed by atoms with Crippen molar-refractivity contribution in [1.82, 2.24) is 0 Å². The summed E-state index contributed by atoms with van der Waals surface area (Å²) in [5.74, 6) is -1.89. The number of carbonyl (C=O) groups excluding carboxylic acids is 1. The van der Waals surface area contributed by atoms with Gasteiger partial charge in [0, 0.05) is 13.2 Å². The molecule has 0 aromatic rings. The SMILES string of the molecule is CCOCCC(C)(C(=O)O)C(=O)OCC. The summed E-state index contributed by atoms with van der Waals surface area (Å²) < 4.78 is 9.76. The highest BCUT2D eigenvalue weighted by atomic mass is 16.5. The minimum atomic E-state index is -1.51. The minimum absolute atomic E-state index is 0.120. The molecule has 88 valence electrons. The van der Waals surface area contributed by atoms with Crippen molar-refractivity contribution in [2.75, 3.05) is 19.8 Å². The average Bonchev–Trinajstić information content (AvgIpc) is 2.18. The van der Waals surface area contributed by atoms with Crippen LogP contribution < -0.4 is 0 Å². The van der Waals surface area contributed by atoms with Gasteiger partial charge >= 0.3 is 11.9 Å². The second kappa shape index (κ2) is 6.40. The molecule has 0 aromatic carbocycles. The van der Waals surface area contributed by atoms with Gasteiger partial charge < -0.3 is 14.6 Å². The molecule has 0 bridgehead atoms. The fraction of sp³-hybridized carbons (Fsp3) is 0.800. The monoisotopic (exact) mass is 218 g/mol. The number of carboxylic acid groups (broad SMARTS) is 1. The van der Waals surface area contributed by atoms with Crippen LogP contribution in [0.25, 0.3) is 0 Å². The van der Waals surface area contributed by atoms with Gasteiger partial charge in [0.25, 0.3) is 0 Å². The molecule has 0 aliphatic rings. The number of esters is 1. The molecule has 1 unspecified atom stereocenters. The molecule has 1 atom stereocenters. The van der Waals surface area contributed by atoms with Crippen LogP contribution in [0.5, 0.6) is 0 Å². The number of hydrogen-bond donors (Lipinski definition) is 1. The molecule has 0 aliphatic heterocycles. The van der Waals surface area contributed by atoms with E-state index in [9.17, 15) is 9.59 Å². The van der Waals surface area contributed by atoms with E-state index in [1.165, 1.54) is 6.92 Å². The Kier molecular flexibility index (Phi) is 5.93. The minimum Gasteiger partial charge on any atom is -0.480 e. The van der Waals surface area contributed by atoms with Gasteiger partial charge in [-0.05, 0) is 27.2 Å². The lowest BCUT2D eigenvalue weighted by atomic mass is 9.87. The summed E-state index contributed by atoms with van der Waals surface area (Å²) in [5.41, 5.74) is -1.51. The Morgan fingerprint density at radius 3 is 2.27 bits per heavy atom. The first-order valence-corrected chi connectivity index (χ1v) is 4.97. The second-order valence-electron chi connectivity index (χ2n) is 3.30. The standard InChI is InChI=1S/C10H18O5/c1-4-14-7-6-10(3,8(11)12)9(13)15-5-2/h4-7H2,1-3H3,(H,11,12). The van der Waals surface area contributed by atoms with Crippen molar-refractivity contribution in [2.24, 2.45) is 5.41 Å². The van der Waals surface area contributed by atoms with E-state index in [0.717, 1.165) is 0 Å². The largest absolute Gasteiger partial charge is 0.480 e. The molecule has 0 radical (unpaired) electrons. The zero-order chi connectivity index (χ0) is 11.9. The van der Waals surface area contributed by atoms with Crippen LogP contribution >= 0.6 is 0 Å². The number of hydrogen-bond acceptors (Lipinski definition) is 4. The second-order valence-corrected chi connectivity index (χ2v) is 3.30. The summed E-state index contributed by atoms with van der Waals surface area (Å²) in [6, 6.07) is 0. The Morgan fingerprint density at radius 2 is 1.87 bits per heavy atom. The highest BCUT2D eigenvalue weighted by molar-refractivity contribution is 5.98. The number of aliphatic carboxylic acids is 1. The highest BCUT2D eigenvalue weighted by Gasteiger charge is 2.42. The predicted octanol–water partition coefficient (Wildman–Crippen LogP) is 1.07. The van der Waals surface area contributed by atoms with Crippen LogP contribution in [0.1, 0.15) is 27.2 Å². The van der Waals surface area contributed by atoms with E-state index in [1.54, 1.807) is 6.92 Å². The van der Waals surface area contributed by atoms with Crippen molar-refractivity contribution in [3.05, 3.63) is 0 Å². The van der Waals surface area contributed by atoms with Gasteiger partial charge in [-0.1, -0.05) is 0 Å². The number of ether oxygens (including phenoxy) is 2. The van der Waals surface area contributed by atoms with Crippen LogP contribution in [0.4, 0.5) is 0 Å². The lowest BCUT2D eigenvalue weighted by Crippen LogP contribution is -2.39. The summed E-state index contributed by atoms with van der Waals surface area (Å²) in [4.78, 5) is 22.4. The number of carboxylic acids is 1. The smallest absolute Gasteiger partial charge is 0.323 e. The van der Waals surface area contributed by atoms with Crippen molar-refractivity contribution in [1.29, 1.82) is 0 Å². The molecule has 0 saturated carbocycles. The topological polar surface area (TPSA) is 72.8 Å². The Balaban J connectivity index is 4.44. The molecule has 0 fully saturated rings. The van der Waals surface area contributed by atoms with Gasteiger partial charge in [0.1, 0.15) is 0 Å². The van der Waals surface area contributed by atoms with Gasteiger partial charge in [-0.3, -0.25) is 9.59 Å². The van der Waals surface area contributed by atoms with Crippen molar-refractivity contribution >= 4 is 11.9 Å². The molecule has 0 amide bonds. The molecule has 5 heteroatoms. The van der Waals surface area contributed by atoms with Crippen LogP contribution in [-0.2, 0) is 19.1 Å². The fourth-order valence-electron chi connectivity index (χ4n) is 1.01. The van der Waals surface area contributed by atoms with Crippen LogP contribution in [-0.4, -0.2) is 36.9 Å². The molecule has 0 rings (SSSR count). The predicted molar refractivity (Wildman–Crippen MR) is 53.5 cm³/mol. The average molecular weight is 218 g/mol. The summed E-state index contributed by atoms with van der Waals surface area (Å²) in [6.45, 7) is 5.71. The van der Waals surface area contributed by atoms with E-state index >= 15 is 0 Å². The molecule has 5 nitrogen and oxygen atoms in total. The first kappa shape index (κ1) is 13.9. The van der Waals surface area contributed by atoms with Crippen LogP contribution in [0.2, 0.25) is 0 Å². The summed E-state index contributed by atoms with van der Waals surface area (Å²) in [6.07, 6.45) is 0.120. The maximum absolute atomic E-state index is 11.4. The Bertz CT molecular complexity index is 226. The highest BCUT2D eigenvalue weighted by Crippen LogP contribution is 2.23. The normalized spacial score (nSPS) is 14.3. The Hall–Kier alpha value is -1.10. The Morgan fingerprint density at radius 1 is 1.27 bits per heavy atom. The first-order valence-electron chi connectivity index (χ1n) is 4.97. The quantitative estimate of drug-likeness (QED) is 0.393. The van der Waals surface area contributed by atoms with Crippen molar-refractivity contribution < 1.29 is 24.2 Å². The van der Waals surface area contributed by atoms with Crippen molar-refractivity contribution in [2.45, 2.75) is 27.2 Å². The van der Waals surface area contributed by atoms with Crippen molar-refractivity contribution in [3.8, 4) is 0 Å². The maximum atomic E-state index is 11.4. The molecule has 0 aliphatic carbocycles. The molecule has 0 saturated heterocycles. The number of carbonyl (C=O) groups is 2. The molecule has 0 heterocycles. The lowest BCUT2D eigenvalue weighted by Gasteiger charge is -2.22. The van der Waals surface area contributed by atoms with Crippen LogP contribution in [0.15, 0.2) is 0 Å². The lowest BCUT2D eigenvalue weighted by molar-refractivity contribution is -0.168. The molecule has 1 N–H and O–H groups in total. The summed E-state index contributed by atoms with van der Waals surface area (Å²) in [5, 5.41) is 8.97. The summed E-state index contributed by atoms with van der Waals surface area (Å²) in [7, 11) is 0. The van der Waals surface area contributed by atoms with E-state index in [-0.39, 0.29) is 19.6 Å². The van der Waals surface area contributed by atoms with Gasteiger partial charge in [0.15, 0.2) is 5.41 Å². The van der Waals surface area contributed by atoms with E-state index < -0.39 is 17.4 Å². The van der Waals surface area contributed by atoms with Crippen LogP contribution in [0, 0.1) is 5.41 Å². The third-order valence-corrected chi connectivity index (χ3v) is 2.15. The zero-order valence-corrected chi connectivity index (χ0v) is 9.41. The molecular formula is C10H18O5. The van der Waals surface area contributed by atoms with Crippen molar-refractivity contribution in [3.63, 3.8) is 0 Å². The van der Waals surface area contributed by atoms with E-state index in [4.69, 9.17) is 14.6 Å². The molecular weight excluding hydrogens is 200 g/mol. The summed E-state index contributed by atoms with van der Waals surface area (Å²) >= 11 is 0. The van der Waals surface area contributed by atoms with Gasteiger partial charge in [0.2, 0.25) is 0 Å². The third-order valence-electron chi connectivity index (χ3n) is 2.15.